The van der Waals surface area contributed by atoms with Gasteiger partial charge in [-0.25, -0.2) is 12.8 Å². The van der Waals surface area contributed by atoms with Crippen LogP contribution in [0, 0.1) is 12.7 Å². The average Bonchev–Trinajstić information content (AvgIpc) is 2.78. The van der Waals surface area contributed by atoms with Gasteiger partial charge in [0.2, 0.25) is 10.0 Å². The van der Waals surface area contributed by atoms with Crippen molar-refractivity contribution in [2.45, 2.75) is 32.6 Å². The maximum atomic E-state index is 14.3. The summed E-state index contributed by atoms with van der Waals surface area (Å²) in [6, 6.07) is 15.6. The minimum atomic E-state index is -3.59. The molecule has 2 aromatic carbocycles. The summed E-state index contributed by atoms with van der Waals surface area (Å²) in [7, 11) is -1.98. The average molecular weight is 471 g/mol. The molecule has 1 N–H and O–H groups in total. The number of anilines is 1. The molecule has 3 rings (SSSR count). The number of ether oxygens (including phenoxy) is 1. The van der Waals surface area contributed by atoms with E-state index in [1.165, 1.54) is 12.1 Å². The monoisotopic (exact) mass is 470 g/mol. The van der Waals surface area contributed by atoms with Crippen LogP contribution in [0.2, 0.25) is 0 Å². The number of aryl methyl sites for hydroxylation is 2. The molecule has 0 aliphatic rings. The Morgan fingerprint density at radius 3 is 2.42 bits per heavy atom. The summed E-state index contributed by atoms with van der Waals surface area (Å²) >= 11 is 0. The van der Waals surface area contributed by atoms with Crippen LogP contribution in [0.5, 0.6) is 5.75 Å². The Kier molecular flexibility index (Phi) is 7.48. The smallest absolute Gasteiger partial charge is 0.229 e. The van der Waals surface area contributed by atoms with Gasteiger partial charge >= 0.3 is 0 Å². The van der Waals surface area contributed by atoms with E-state index in [4.69, 9.17) is 4.74 Å². The van der Waals surface area contributed by atoms with Crippen molar-refractivity contribution in [1.82, 2.24) is 4.98 Å². The Bertz CT molecular complexity index is 1260. The fourth-order valence-corrected chi connectivity index (χ4v) is 4.09. The van der Waals surface area contributed by atoms with Gasteiger partial charge in [0.25, 0.3) is 0 Å². The van der Waals surface area contributed by atoms with Crippen molar-refractivity contribution < 1.29 is 22.3 Å². The van der Waals surface area contributed by atoms with Crippen molar-refractivity contribution in [2.75, 3.05) is 18.1 Å². The first-order valence-electron chi connectivity index (χ1n) is 10.5. The number of benzene rings is 2. The summed E-state index contributed by atoms with van der Waals surface area (Å²) in [5, 5.41) is 0. The molecular weight excluding hydrogens is 443 g/mol. The van der Waals surface area contributed by atoms with Gasteiger partial charge in [0.05, 0.1) is 24.7 Å². The fourth-order valence-electron chi connectivity index (χ4n) is 3.53. The Morgan fingerprint density at radius 2 is 1.82 bits per heavy atom. The third kappa shape index (κ3) is 6.38. The van der Waals surface area contributed by atoms with Crippen molar-refractivity contribution in [3.63, 3.8) is 0 Å². The molecule has 8 heteroatoms. The third-order valence-corrected chi connectivity index (χ3v) is 5.98. The van der Waals surface area contributed by atoms with Gasteiger partial charge in [0.15, 0.2) is 0 Å². The topological polar surface area (TPSA) is 85.4 Å². The van der Waals surface area contributed by atoms with Gasteiger partial charge in [-0.2, -0.15) is 0 Å². The van der Waals surface area contributed by atoms with E-state index in [0.717, 1.165) is 34.5 Å². The number of pyridine rings is 1. The maximum absolute atomic E-state index is 14.3. The zero-order valence-electron chi connectivity index (χ0n) is 19.1. The number of rotatable bonds is 9. The molecule has 0 radical (unpaired) electrons. The zero-order valence-corrected chi connectivity index (χ0v) is 19.9. The highest BCUT2D eigenvalue weighted by atomic mass is 32.2. The lowest BCUT2D eigenvalue weighted by molar-refractivity contribution is -0.120. The number of halogens is 1. The number of ketones is 1. The van der Waals surface area contributed by atoms with Crippen molar-refractivity contribution in [3.05, 3.63) is 77.2 Å². The standard InChI is InChI=1S/C25H27FN2O4S/c1-16-5-6-18(25(27-16)19-7-11-21(32-3)12-8-19)10-14-24(29)17(2)20-9-13-23(22(26)15-20)28-33(4,30)31/h5-9,11-13,15,17,28H,10,14H2,1-4H3. The lowest BCUT2D eigenvalue weighted by atomic mass is 9.92. The Labute approximate surface area is 193 Å². The molecule has 1 heterocycles. The van der Waals surface area contributed by atoms with Gasteiger partial charge in [-0.05, 0) is 66.9 Å². The largest absolute Gasteiger partial charge is 0.497 e. The van der Waals surface area contributed by atoms with Gasteiger partial charge in [0.1, 0.15) is 17.3 Å². The number of hydrogen-bond acceptors (Lipinski definition) is 5. The summed E-state index contributed by atoms with van der Waals surface area (Å²) in [5.41, 5.74) is 3.93. The van der Waals surface area contributed by atoms with E-state index in [-0.39, 0.29) is 17.9 Å². The first-order chi connectivity index (χ1) is 15.6. The van der Waals surface area contributed by atoms with Crippen LogP contribution in [-0.2, 0) is 21.2 Å². The second kappa shape index (κ2) is 10.1. The molecule has 0 amide bonds. The molecule has 33 heavy (non-hydrogen) atoms. The number of sulfonamides is 1. The number of nitrogens with zero attached hydrogens (tertiary/aromatic N) is 1. The quantitative estimate of drug-likeness (QED) is 0.482. The number of nitrogens with one attached hydrogen (secondary N) is 1. The van der Waals surface area contributed by atoms with Crippen molar-refractivity contribution >= 4 is 21.5 Å². The molecule has 0 aliphatic carbocycles. The van der Waals surface area contributed by atoms with Crippen LogP contribution in [0.4, 0.5) is 10.1 Å². The van der Waals surface area contributed by atoms with E-state index >= 15 is 0 Å². The highest BCUT2D eigenvalue weighted by Crippen LogP contribution is 2.28. The van der Waals surface area contributed by atoms with Crippen LogP contribution in [0.25, 0.3) is 11.3 Å². The highest BCUT2D eigenvalue weighted by Gasteiger charge is 2.19. The molecule has 0 bridgehead atoms. The van der Waals surface area contributed by atoms with E-state index in [1.807, 2.05) is 43.3 Å². The van der Waals surface area contributed by atoms with Crippen LogP contribution in [0.1, 0.15) is 36.1 Å². The predicted octanol–water partition coefficient (Wildman–Crippen LogP) is 4.88. The van der Waals surface area contributed by atoms with Gasteiger partial charge in [-0.3, -0.25) is 14.5 Å². The first-order valence-corrected chi connectivity index (χ1v) is 12.4. The van der Waals surface area contributed by atoms with Crippen LogP contribution in [0.15, 0.2) is 54.6 Å². The molecule has 3 aromatic rings. The van der Waals surface area contributed by atoms with E-state index < -0.39 is 21.8 Å². The van der Waals surface area contributed by atoms with Crippen molar-refractivity contribution in [2.24, 2.45) is 0 Å². The van der Waals surface area contributed by atoms with Gasteiger partial charge in [-0.1, -0.05) is 19.1 Å². The van der Waals surface area contributed by atoms with Crippen LogP contribution in [0.3, 0.4) is 0 Å². The molecule has 0 aliphatic heterocycles. The molecular formula is C25H27FN2O4S. The van der Waals surface area contributed by atoms with Crippen LogP contribution < -0.4 is 9.46 Å². The number of carbonyl (C=O) groups is 1. The fraction of sp³-hybridized carbons (Fsp3) is 0.280. The van der Waals surface area contributed by atoms with E-state index in [1.54, 1.807) is 20.1 Å². The molecule has 0 spiro atoms. The SMILES string of the molecule is COc1ccc(-c2nc(C)ccc2CCC(=O)C(C)c2ccc(NS(C)(=O)=O)c(F)c2)cc1. The first kappa shape index (κ1) is 24.4. The molecule has 174 valence electrons. The molecule has 1 atom stereocenters. The Balaban J connectivity index is 1.75. The minimum absolute atomic E-state index is 0.0421. The maximum Gasteiger partial charge on any atom is 0.229 e. The predicted molar refractivity (Wildman–Crippen MR) is 128 cm³/mol. The van der Waals surface area contributed by atoms with Gasteiger partial charge < -0.3 is 4.74 Å². The number of carbonyl (C=O) groups excluding carboxylic acids is 1. The number of methoxy groups -OCH3 is 1. The molecule has 6 nitrogen and oxygen atoms in total. The normalized spacial score (nSPS) is 12.3. The summed E-state index contributed by atoms with van der Waals surface area (Å²) in [6.45, 7) is 3.64. The lowest BCUT2D eigenvalue weighted by Crippen LogP contribution is -2.13. The van der Waals surface area contributed by atoms with E-state index in [9.17, 15) is 17.6 Å². The molecule has 0 fully saturated rings. The second-order valence-electron chi connectivity index (χ2n) is 7.99. The molecule has 1 unspecified atom stereocenters. The minimum Gasteiger partial charge on any atom is -0.497 e. The van der Waals surface area contributed by atoms with Gasteiger partial charge in [-0.15, -0.1) is 0 Å². The second-order valence-corrected chi connectivity index (χ2v) is 9.74. The van der Waals surface area contributed by atoms with Crippen molar-refractivity contribution in [1.29, 1.82) is 0 Å². The van der Waals surface area contributed by atoms with Crippen LogP contribution in [-0.4, -0.2) is 32.6 Å². The summed E-state index contributed by atoms with van der Waals surface area (Å²) < 4.78 is 44.4. The summed E-state index contributed by atoms with van der Waals surface area (Å²) in [4.78, 5) is 17.5. The van der Waals surface area contributed by atoms with Crippen LogP contribution >= 0.6 is 0 Å². The molecule has 1 aromatic heterocycles. The van der Waals surface area contributed by atoms with E-state index in [2.05, 4.69) is 9.71 Å². The van der Waals surface area contributed by atoms with Gasteiger partial charge in [0, 0.05) is 23.6 Å². The third-order valence-electron chi connectivity index (χ3n) is 5.39. The lowest BCUT2D eigenvalue weighted by Gasteiger charge is -2.14. The summed E-state index contributed by atoms with van der Waals surface area (Å²) in [5.74, 6) is -0.543. The molecule has 0 saturated carbocycles. The van der Waals surface area contributed by atoms with E-state index in [0.29, 0.717) is 12.0 Å². The number of aromatic nitrogens is 1. The Morgan fingerprint density at radius 1 is 1.12 bits per heavy atom. The zero-order chi connectivity index (χ0) is 24.2. The highest BCUT2D eigenvalue weighted by molar-refractivity contribution is 7.92. The number of Topliss-reactive ketones (excluding diaryl/α,β-unsaturated/α-hetero) is 1. The summed E-state index contributed by atoms with van der Waals surface area (Å²) in [6.07, 6.45) is 1.71. The Hall–Kier alpha value is -3.26. The molecule has 0 saturated heterocycles. The number of hydrogen-bond donors (Lipinski definition) is 1. The van der Waals surface area contributed by atoms with Crippen molar-refractivity contribution in [3.8, 4) is 17.0 Å².